The van der Waals surface area contributed by atoms with Gasteiger partial charge in [0.15, 0.2) is 5.82 Å². The predicted octanol–water partition coefficient (Wildman–Crippen LogP) is 2.23. The monoisotopic (exact) mass is 305 g/mol. The molecule has 2 aromatic rings. The number of hydrogen-bond acceptors (Lipinski definition) is 4. The number of fused-ring (bicyclic) bond motifs is 1. The Morgan fingerprint density at radius 1 is 1.38 bits per heavy atom. The SMILES string of the molecule is CCC(N)Cc1ccc(N2CCn3cnnc3C2)c(Cl)c1. The summed E-state index contributed by atoms with van der Waals surface area (Å²) >= 11 is 6.47. The number of aromatic nitrogens is 3. The molecule has 2 N–H and O–H groups in total. The molecule has 0 saturated heterocycles. The second-order valence-electron chi connectivity index (χ2n) is 5.52. The molecule has 0 bridgehead atoms. The Morgan fingerprint density at radius 3 is 3.00 bits per heavy atom. The van der Waals surface area contributed by atoms with Crippen LogP contribution in [-0.2, 0) is 19.5 Å². The predicted molar refractivity (Wildman–Crippen MR) is 84.5 cm³/mol. The molecule has 5 nitrogen and oxygen atoms in total. The van der Waals surface area contributed by atoms with Gasteiger partial charge in [-0.25, -0.2) is 0 Å². The van der Waals surface area contributed by atoms with Gasteiger partial charge in [0, 0.05) is 19.1 Å². The van der Waals surface area contributed by atoms with Gasteiger partial charge in [0.05, 0.1) is 17.3 Å². The standard InChI is InChI=1S/C15H20ClN5/c1-2-12(17)7-11-3-4-14(13(16)8-11)20-5-6-21-10-18-19-15(21)9-20/h3-4,8,10,12H,2,5-7,9,17H2,1H3. The van der Waals surface area contributed by atoms with E-state index in [-0.39, 0.29) is 6.04 Å². The van der Waals surface area contributed by atoms with Gasteiger partial charge in [-0.2, -0.15) is 0 Å². The Kier molecular flexibility index (Phi) is 4.12. The van der Waals surface area contributed by atoms with Crippen LogP contribution in [0.4, 0.5) is 5.69 Å². The highest BCUT2D eigenvalue weighted by atomic mass is 35.5. The molecule has 2 heterocycles. The summed E-state index contributed by atoms with van der Waals surface area (Å²) in [5.74, 6) is 0.981. The maximum absolute atomic E-state index is 6.47. The quantitative estimate of drug-likeness (QED) is 0.941. The lowest BCUT2D eigenvalue weighted by Gasteiger charge is -2.30. The first kappa shape index (κ1) is 14.4. The highest BCUT2D eigenvalue weighted by Crippen LogP contribution is 2.29. The summed E-state index contributed by atoms with van der Waals surface area (Å²) in [6.45, 7) is 4.65. The van der Waals surface area contributed by atoms with E-state index in [4.69, 9.17) is 17.3 Å². The van der Waals surface area contributed by atoms with Crippen molar-refractivity contribution in [2.24, 2.45) is 5.73 Å². The molecule has 1 unspecified atom stereocenters. The number of rotatable bonds is 4. The van der Waals surface area contributed by atoms with Gasteiger partial charge in [-0.1, -0.05) is 24.6 Å². The topological polar surface area (TPSA) is 60.0 Å². The van der Waals surface area contributed by atoms with Crippen molar-refractivity contribution in [3.63, 3.8) is 0 Å². The van der Waals surface area contributed by atoms with Crippen LogP contribution < -0.4 is 10.6 Å². The number of hydrogen-bond donors (Lipinski definition) is 1. The van der Waals surface area contributed by atoms with Crippen molar-refractivity contribution in [3.8, 4) is 0 Å². The molecule has 21 heavy (non-hydrogen) atoms. The van der Waals surface area contributed by atoms with Gasteiger partial charge in [-0.05, 0) is 30.5 Å². The minimum atomic E-state index is 0.195. The first-order valence-corrected chi connectivity index (χ1v) is 7.70. The van der Waals surface area contributed by atoms with Gasteiger partial charge in [0.25, 0.3) is 0 Å². The molecule has 1 atom stereocenters. The van der Waals surface area contributed by atoms with Crippen LogP contribution >= 0.6 is 11.6 Å². The summed E-state index contributed by atoms with van der Waals surface area (Å²) in [6.07, 6.45) is 3.62. The molecule has 3 rings (SSSR count). The van der Waals surface area contributed by atoms with E-state index in [0.717, 1.165) is 49.0 Å². The van der Waals surface area contributed by atoms with Crippen LogP contribution in [0.5, 0.6) is 0 Å². The average molecular weight is 306 g/mol. The van der Waals surface area contributed by atoms with Crippen LogP contribution in [-0.4, -0.2) is 27.4 Å². The lowest BCUT2D eigenvalue weighted by atomic mass is 10.0. The van der Waals surface area contributed by atoms with Crippen LogP contribution in [0.15, 0.2) is 24.5 Å². The maximum atomic E-state index is 6.47. The van der Waals surface area contributed by atoms with E-state index in [1.807, 2.05) is 6.07 Å². The number of benzene rings is 1. The minimum Gasteiger partial charge on any atom is -0.361 e. The van der Waals surface area contributed by atoms with Crippen LogP contribution in [0.25, 0.3) is 0 Å². The fraction of sp³-hybridized carbons (Fsp3) is 0.467. The molecule has 1 aliphatic rings. The minimum absolute atomic E-state index is 0.195. The van der Waals surface area contributed by atoms with Gasteiger partial charge < -0.3 is 15.2 Å². The Hall–Kier alpha value is -1.59. The second kappa shape index (κ2) is 6.03. The van der Waals surface area contributed by atoms with E-state index in [1.165, 1.54) is 5.56 Å². The van der Waals surface area contributed by atoms with E-state index in [9.17, 15) is 0 Å². The Balaban J connectivity index is 1.77. The molecule has 0 radical (unpaired) electrons. The highest BCUT2D eigenvalue weighted by Gasteiger charge is 2.19. The molecule has 0 aliphatic carbocycles. The smallest absolute Gasteiger partial charge is 0.152 e. The first-order valence-electron chi connectivity index (χ1n) is 7.33. The summed E-state index contributed by atoms with van der Waals surface area (Å²) < 4.78 is 2.08. The first-order chi connectivity index (χ1) is 10.2. The number of halogens is 1. The normalized spacial score (nSPS) is 15.9. The Bertz CT molecular complexity index is 624. The highest BCUT2D eigenvalue weighted by molar-refractivity contribution is 6.33. The van der Waals surface area contributed by atoms with Crippen LogP contribution in [0.3, 0.4) is 0 Å². The van der Waals surface area contributed by atoms with E-state index < -0.39 is 0 Å². The fourth-order valence-electron chi connectivity index (χ4n) is 2.65. The largest absolute Gasteiger partial charge is 0.361 e. The van der Waals surface area contributed by atoms with Gasteiger partial charge in [-0.3, -0.25) is 0 Å². The van der Waals surface area contributed by atoms with Crippen molar-refractivity contribution in [2.75, 3.05) is 11.4 Å². The molecule has 0 amide bonds. The summed E-state index contributed by atoms with van der Waals surface area (Å²) in [7, 11) is 0. The van der Waals surface area contributed by atoms with Crippen LogP contribution in [0, 0.1) is 0 Å². The molecule has 1 aromatic heterocycles. The number of nitrogens with zero attached hydrogens (tertiary/aromatic N) is 4. The third kappa shape index (κ3) is 3.04. The third-order valence-corrected chi connectivity index (χ3v) is 4.32. The summed E-state index contributed by atoms with van der Waals surface area (Å²) in [5, 5.41) is 8.87. The Morgan fingerprint density at radius 2 is 2.24 bits per heavy atom. The fourth-order valence-corrected chi connectivity index (χ4v) is 2.98. The average Bonchev–Trinajstić information content (AvgIpc) is 2.94. The third-order valence-electron chi connectivity index (χ3n) is 4.01. The molecular formula is C15H20ClN5. The van der Waals surface area contributed by atoms with Gasteiger partial charge in [0.2, 0.25) is 0 Å². The molecule has 0 saturated carbocycles. The molecule has 1 aromatic carbocycles. The van der Waals surface area contributed by atoms with E-state index >= 15 is 0 Å². The number of nitrogens with two attached hydrogens (primary N) is 1. The maximum Gasteiger partial charge on any atom is 0.152 e. The Labute approximate surface area is 129 Å². The number of anilines is 1. The van der Waals surface area contributed by atoms with Crippen molar-refractivity contribution >= 4 is 17.3 Å². The zero-order valence-electron chi connectivity index (χ0n) is 12.2. The molecule has 112 valence electrons. The van der Waals surface area contributed by atoms with Crippen molar-refractivity contribution in [2.45, 2.75) is 38.9 Å². The van der Waals surface area contributed by atoms with Crippen LogP contribution in [0.1, 0.15) is 24.7 Å². The second-order valence-corrected chi connectivity index (χ2v) is 5.93. The molecule has 0 spiro atoms. The van der Waals surface area contributed by atoms with E-state index in [2.05, 4.69) is 38.7 Å². The molecule has 0 fully saturated rings. The molecular weight excluding hydrogens is 286 g/mol. The van der Waals surface area contributed by atoms with Gasteiger partial charge in [0.1, 0.15) is 6.33 Å². The molecule has 6 heteroatoms. The lowest BCUT2D eigenvalue weighted by molar-refractivity contribution is 0.560. The van der Waals surface area contributed by atoms with Crippen molar-refractivity contribution in [1.82, 2.24) is 14.8 Å². The van der Waals surface area contributed by atoms with Crippen molar-refractivity contribution < 1.29 is 0 Å². The summed E-state index contributed by atoms with van der Waals surface area (Å²) in [6, 6.07) is 6.44. The van der Waals surface area contributed by atoms with E-state index in [1.54, 1.807) is 6.33 Å². The van der Waals surface area contributed by atoms with Crippen LogP contribution in [0.2, 0.25) is 5.02 Å². The zero-order valence-corrected chi connectivity index (χ0v) is 12.9. The lowest BCUT2D eigenvalue weighted by Crippen LogP contribution is -2.33. The zero-order chi connectivity index (χ0) is 14.8. The van der Waals surface area contributed by atoms with Gasteiger partial charge in [-0.15, -0.1) is 10.2 Å². The van der Waals surface area contributed by atoms with Crippen molar-refractivity contribution in [1.29, 1.82) is 0 Å². The summed E-state index contributed by atoms with van der Waals surface area (Å²) in [5.41, 5.74) is 8.25. The summed E-state index contributed by atoms with van der Waals surface area (Å²) in [4.78, 5) is 2.25. The van der Waals surface area contributed by atoms with Crippen molar-refractivity contribution in [3.05, 3.63) is 40.9 Å². The molecule has 1 aliphatic heterocycles. The van der Waals surface area contributed by atoms with Gasteiger partial charge >= 0.3 is 0 Å². The van der Waals surface area contributed by atoms with E-state index in [0.29, 0.717) is 0 Å².